The minimum Gasteiger partial charge on any atom is -0.311 e. The van der Waals surface area contributed by atoms with Crippen molar-refractivity contribution in [3.8, 4) is 0 Å². The van der Waals surface area contributed by atoms with Crippen LogP contribution in [0.4, 0.5) is 0 Å². The van der Waals surface area contributed by atoms with Gasteiger partial charge in [-0.05, 0) is 17.5 Å². The first-order valence-electron chi connectivity index (χ1n) is 7.71. The Bertz CT molecular complexity index is 625. The van der Waals surface area contributed by atoms with Crippen molar-refractivity contribution in [2.75, 3.05) is 14.2 Å². The van der Waals surface area contributed by atoms with Gasteiger partial charge < -0.3 is 9.05 Å². The maximum atomic E-state index is 13.0. The molecule has 0 aliphatic carbocycles. The molecule has 0 fully saturated rings. The molecule has 0 amide bonds. The van der Waals surface area contributed by atoms with Crippen LogP contribution in [0.25, 0.3) is 0 Å². The molecule has 0 aliphatic heterocycles. The Morgan fingerprint density at radius 2 is 1.39 bits per heavy atom. The maximum Gasteiger partial charge on any atom is 0.351 e. The van der Waals surface area contributed by atoms with Crippen LogP contribution in [0.5, 0.6) is 0 Å². The minimum atomic E-state index is -3.31. The molecule has 0 bridgehead atoms. The summed E-state index contributed by atoms with van der Waals surface area (Å²) in [6.45, 7) is 2.09. The molecular formula is C18H24NO3P. The van der Waals surface area contributed by atoms with Gasteiger partial charge in [-0.2, -0.15) is 0 Å². The fourth-order valence-corrected chi connectivity index (χ4v) is 4.09. The summed E-state index contributed by atoms with van der Waals surface area (Å²) in [6.07, 6.45) is 0.862. The zero-order chi connectivity index (χ0) is 16.7. The SMILES string of the molecule is CC[C@H](N[C@@H](c1ccccc1)P(=O)(OC)OC)c1ccccc1. The normalized spacial score (nSPS) is 14.4. The van der Waals surface area contributed by atoms with Gasteiger partial charge in [-0.1, -0.05) is 67.6 Å². The molecule has 1 N–H and O–H groups in total. The van der Waals surface area contributed by atoms with Gasteiger partial charge >= 0.3 is 7.60 Å². The van der Waals surface area contributed by atoms with Crippen molar-refractivity contribution in [3.63, 3.8) is 0 Å². The molecule has 2 rings (SSSR count). The summed E-state index contributed by atoms with van der Waals surface area (Å²) in [4.78, 5) is 0. The number of rotatable bonds is 8. The van der Waals surface area contributed by atoms with Crippen LogP contribution in [0.15, 0.2) is 60.7 Å². The lowest BCUT2D eigenvalue weighted by atomic mass is 10.0. The zero-order valence-electron chi connectivity index (χ0n) is 13.8. The van der Waals surface area contributed by atoms with Crippen molar-refractivity contribution in [1.29, 1.82) is 0 Å². The van der Waals surface area contributed by atoms with E-state index in [2.05, 4.69) is 24.4 Å². The first kappa shape index (κ1) is 17.9. The van der Waals surface area contributed by atoms with Gasteiger partial charge in [0.15, 0.2) is 0 Å². The molecule has 0 saturated carbocycles. The summed E-state index contributed by atoms with van der Waals surface area (Å²) in [7, 11) is -0.468. The van der Waals surface area contributed by atoms with Crippen molar-refractivity contribution in [1.82, 2.24) is 5.32 Å². The van der Waals surface area contributed by atoms with Gasteiger partial charge in [0.25, 0.3) is 0 Å². The molecular weight excluding hydrogens is 309 g/mol. The molecule has 5 heteroatoms. The smallest absolute Gasteiger partial charge is 0.311 e. The Morgan fingerprint density at radius 1 is 0.913 bits per heavy atom. The molecule has 0 saturated heterocycles. The van der Waals surface area contributed by atoms with Gasteiger partial charge in [-0.25, -0.2) is 0 Å². The summed E-state index contributed by atoms with van der Waals surface area (Å²) < 4.78 is 23.5. The van der Waals surface area contributed by atoms with Gasteiger partial charge in [0, 0.05) is 20.3 Å². The summed E-state index contributed by atoms with van der Waals surface area (Å²) >= 11 is 0. The van der Waals surface area contributed by atoms with E-state index in [1.54, 1.807) is 0 Å². The predicted octanol–water partition coefficient (Wildman–Crippen LogP) is 4.91. The van der Waals surface area contributed by atoms with Crippen LogP contribution in [0.1, 0.15) is 36.3 Å². The molecule has 2 aromatic rings. The van der Waals surface area contributed by atoms with Crippen LogP contribution in [0, 0.1) is 0 Å². The Hall–Kier alpha value is -1.45. The van der Waals surface area contributed by atoms with Crippen LogP contribution >= 0.6 is 7.60 Å². The number of benzene rings is 2. The molecule has 2 aromatic carbocycles. The third-order valence-corrected chi connectivity index (χ3v) is 6.01. The van der Waals surface area contributed by atoms with Gasteiger partial charge in [-0.15, -0.1) is 0 Å². The highest BCUT2D eigenvalue weighted by molar-refractivity contribution is 7.54. The van der Waals surface area contributed by atoms with E-state index in [0.29, 0.717) is 0 Å². The molecule has 0 aromatic heterocycles. The lowest BCUT2D eigenvalue weighted by molar-refractivity contribution is 0.255. The third kappa shape index (κ3) is 4.30. The van der Waals surface area contributed by atoms with Gasteiger partial charge in [0.05, 0.1) is 0 Å². The second-order valence-corrected chi connectivity index (χ2v) is 7.58. The lowest BCUT2D eigenvalue weighted by Gasteiger charge is -2.30. The molecule has 23 heavy (non-hydrogen) atoms. The van der Waals surface area contributed by atoms with Gasteiger partial charge in [0.2, 0.25) is 0 Å². The summed E-state index contributed by atoms with van der Waals surface area (Å²) in [6, 6.07) is 19.8. The van der Waals surface area contributed by atoms with Crippen LogP contribution in [0.2, 0.25) is 0 Å². The molecule has 0 spiro atoms. The van der Waals surface area contributed by atoms with E-state index >= 15 is 0 Å². The van der Waals surface area contributed by atoms with Gasteiger partial charge in [-0.3, -0.25) is 9.88 Å². The molecule has 0 aliphatic rings. The standard InChI is InChI=1S/C18H24NO3P/c1-4-17(15-11-7-5-8-12-15)19-18(23(20,21-2)22-3)16-13-9-6-10-14-16/h5-14,17-19H,4H2,1-3H3/t17-,18+/m0/s1. The highest BCUT2D eigenvalue weighted by atomic mass is 31.2. The Kier molecular flexibility index (Phi) is 6.55. The number of hydrogen-bond acceptors (Lipinski definition) is 4. The Balaban J connectivity index is 2.36. The quantitative estimate of drug-likeness (QED) is 0.697. The molecule has 0 unspecified atom stereocenters. The second kappa shape index (κ2) is 8.42. The van der Waals surface area contributed by atoms with E-state index in [1.807, 2.05) is 48.5 Å². The highest BCUT2D eigenvalue weighted by Crippen LogP contribution is 2.59. The lowest BCUT2D eigenvalue weighted by Crippen LogP contribution is -2.27. The van der Waals surface area contributed by atoms with Gasteiger partial charge in [0.1, 0.15) is 5.78 Å². The average molecular weight is 333 g/mol. The third-order valence-electron chi connectivity index (χ3n) is 3.91. The highest BCUT2D eigenvalue weighted by Gasteiger charge is 2.36. The Morgan fingerprint density at radius 3 is 1.83 bits per heavy atom. The largest absolute Gasteiger partial charge is 0.351 e. The first-order chi connectivity index (χ1) is 11.1. The van der Waals surface area contributed by atoms with E-state index in [0.717, 1.165) is 17.5 Å². The molecule has 124 valence electrons. The van der Waals surface area contributed by atoms with Crippen molar-refractivity contribution < 1.29 is 13.6 Å². The fourth-order valence-electron chi connectivity index (χ4n) is 2.62. The van der Waals surface area contributed by atoms with Crippen molar-refractivity contribution in [2.45, 2.75) is 25.2 Å². The van der Waals surface area contributed by atoms with E-state index in [4.69, 9.17) is 9.05 Å². The van der Waals surface area contributed by atoms with Crippen LogP contribution in [-0.4, -0.2) is 14.2 Å². The fraction of sp³-hybridized carbons (Fsp3) is 0.333. The van der Waals surface area contributed by atoms with Crippen molar-refractivity contribution in [2.24, 2.45) is 0 Å². The maximum absolute atomic E-state index is 13.0. The summed E-state index contributed by atoms with van der Waals surface area (Å²) in [5.74, 6) is -0.524. The second-order valence-electron chi connectivity index (χ2n) is 5.26. The molecule has 0 heterocycles. The van der Waals surface area contributed by atoms with E-state index < -0.39 is 13.4 Å². The van der Waals surface area contributed by atoms with E-state index in [9.17, 15) is 4.57 Å². The molecule has 4 nitrogen and oxygen atoms in total. The Labute approximate surface area is 138 Å². The van der Waals surface area contributed by atoms with Crippen molar-refractivity contribution >= 4 is 7.60 Å². The zero-order valence-corrected chi connectivity index (χ0v) is 14.7. The number of nitrogens with one attached hydrogen (secondary N) is 1. The minimum absolute atomic E-state index is 0.0556. The topological polar surface area (TPSA) is 47.6 Å². The first-order valence-corrected chi connectivity index (χ1v) is 9.33. The van der Waals surface area contributed by atoms with Crippen LogP contribution in [0.3, 0.4) is 0 Å². The van der Waals surface area contributed by atoms with E-state index in [1.165, 1.54) is 14.2 Å². The van der Waals surface area contributed by atoms with Crippen molar-refractivity contribution in [3.05, 3.63) is 71.8 Å². The molecule has 0 radical (unpaired) electrons. The molecule has 2 atom stereocenters. The van der Waals surface area contributed by atoms with Crippen LogP contribution in [-0.2, 0) is 13.6 Å². The summed E-state index contributed by atoms with van der Waals surface area (Å²) in [5.41, 5.74) is 2.03. The number of hydrogen-bond donors (Lipinski definition) is 1. The van der Waals surface area contributed by atoms with Crippen LogP contribution < -0.4 is 5.32 Å². The monoisotopic (exact) mass is 333 g/mol. The summed E-state index contributed by atoms with van der Waals surface area (Å²) in [5, 5.41) is 3.47. The average Bonchev–Trinajstić information content (AvgIpc) is 2.63. The predicted molar refractivity (Wildman–Crippen MR) is 93.4 cm³/mol. The van der Waals surface area contributed by atoms with E-state index in [-0.39, 0.29) is 6.04 Å².